The van der Waals surface area contributed by atoms with Gasteiger partial charge in [-0.25, -0.2) is 21.6 Å². The van der Waals surface area contributed by atoms with Gasteiger partial charge in [0.2, 0.25) is 10.0 Å². The Kier molecular flexibility index (Phi) is 4.97. The lowest BCUT2D eigenvalue weighted by molar-refractivity contribution is 0.498. The van der Waals surface area contributed by atoms with Crippen molar-refractivity contribution in [1.29, 1.82) is 0 Å². The van der Waals surface area contributed by atoms with Crippen LogP contribution in [0.3, 0.4) is 0 Å². The molecule has 0 heterocycles. The Hall–Kier alpha value is -1.28. The first-order valence-corrected chi connectivity index (χ1v) is 6.86. The van der Waals surface area contributed by atoms with Crippen LogP contribution in [-0.4, -0.2) is 20.7 Å². The molecule has 0 saturated heterocycles. The second-order valence-corrected chi connectivity index (χ2v) is 5.51. The van der Waals surface area contributed by atoms with Gasteiger partial charge in [0.25, 0.3) is 0 Å². The van der Waals surface area contributed by atoms with Crippen LogP contribution < -0.4 is 10.5 Å². The quantitative estimate of drug-likeness (QED) is 0.614. The number of unbranched alkanes of at least 4 members (excludes halogenated alkanes) is 1. The van der Waals surface area contributed by atoms with Crippen molar-refractivity contribution in [2.24, 2.45) is 5.73 Å². The van der Waals surface area contributed by atoms with Crippen LogP contribution in [0.4, 0.5) is 18.9 Å². The average molecular weight is 282 g/mol. The predicted molar refractivity (Wildman–Crippen MR) is 62.0 cm³/mol. The SMILES string of the molecule is NCCCCS(=O)(=O)Nc1cc(F)cc(F)c1F. The largest absolute Gasteiger partial charge is 0.330 e. The molecule has 0 radical (unpaired) electrons. The van der Waals surface area contributed by atoms with E-state index in [2.05, 4.69) is 0 Å². The summed E-state index contributed by atoms with van der Waals surface area (Å²) in [6.45, 7) is 0.332. The molecule has 1 aromatic carbocycles. The van der Waals surface area contributed by atoms with Crippen molar-refractivity contribution in [3.8, 4) is 0 Å². The predicted octanol–water partition coefficient (Wildman–Crippen LogP) is 1.58. The lowest BCUT2D eigenvalue weighted by atomic mass is 10.3. The maximum Gasteiger partial charge on any atom is 0.232 e. The second-order valence-electron chi connectivity index (χ2n) is 3.67. The van der Waals surface area contributed by atoms with Crippen LogP contribution in [0.2, 0.25) is 0 Å². The number of hydrogen-bond donors (Lipinski definition) is 2. The molecule has 8 heteroatoms. The summed E-state index contributed by atoms with van der Waals surface area (Å²) in [4.78, 5) is 0. The zero-order valence-corrected chi connectivity index (χ0v) is 10.2. The van der Waals surface area contributed by atoms with E-state index in [0.717, 1.165) is 0 Å². The summed E-state index contributed by atoms with van der Waals surface area (Å²) >= 11 is 0. The van der Waals surface area contributed by atoms with Crippen LogP contribution in [0.25, 0.3) is 0 Å². The Bertz CT molecular complexity index is 520. The number of rotatable bonds is 6. The van der Waals surface area contributed by atoms with Gasteiger partial charge in [-0.15, -0.1) is 0 Å². The van der Waals surface area contributed by atoms with Crippen LogP contribution in [0.1, 0.15) is 12.8 Å². The van der Waals surface area contributed by atoms with E-state index in [-0.39, 0.29) is 12.2 Å². The summed E-state index contributed by atoms with van der Waals surface area (Å²) in [5, 5.41) is 0. The van der Waals surface area contributed by atoms with Crippen LogP contribution in [-0.2, 0) is 10.0 Å². The first kappa shape index (κ1) is 14.8. The molecule has 0 aliphatic rings. The number of nitrogens with one attached hydrogen (secondary N) is 1. The van der Waals surface area contributed by atoms with E-state index >= 15 is 0 Å². The minimum Gasteiger partial charge on any atom is -0.330 e. The van der Waals surface area contributed by atoms with Gasteiger partial charge in [-0.05, 0) is 19.4 Å². The molecule has 0 aliphatic carbocycles. The van der Waals surface area contributed by atoms with Crippen LogP contribution in [0, 0.1) is 17.5 Å². The minimum atomic E-state index is -3.84. The van der Waals surface area contributed by atoms with Gasteiger partial charge in [0.05, 0.1) is 11.4 Å². The smallest absolute Gasteiger partial charge is 0.232 e. The van der Waals surface area contributed by atoms with E-state index in [9.17, 15) is 21.6 Å². The van der Waals surface area contributed by atoms with Crippen LogP contribution in [0.5, 0.6) is 0 Å². The molecule has 0 bridgehead atoms. The monoisotopic (exact) mass is 282 g/mol. The zero-order chi connectivity index (χ0) is 13.8. The Morgan fingerprint density at radius 1 is 1.17 bits per heavy atom. The van der Waals surface area contributed by atoms with Gasteiger partial charge in [0, 0.05) is 12.1 Å². The maximum atomic E-state index is 13.2. The summed E-state index contributed by atoms with van der Waals surface area (Å²) in [5.41, 5.74) is 4.46. The van der Waals surface area contributed by atoms with Crippen molar-refractivity contribution in [3.05, 3.63) is 29.6 Å². The highest BCUT2D eigenvalue weighted by Gasteiger charge is 2.16. The molecule has 1 aromatic rings. The number of nitrogens with two attached hydrogens (primary N) is 1. The van der Waals surface area contributed by atoms with Gasteiger partial charge in [0.1, 0.15) is 5.82 Å². The van der Waals surface area contributed by atoms with Crippen molar-refractivity contribution in [3.63, 3.8) is 0 Å². The number of hydrogen-bond acceptors (Lipinski definition) is 3. The number of sulfonamides is 1. The van der Waals surface area contributed by atoms with Gasteiger partial charge in [-0.1, -0.05) is 0 Å². The Morgan fingerprint density at radius 3 is 2.44 bits per heavy atom. The normalized spacial score (nSPS) is 11.6. The van der Waals surface area contributed by atoms with Gasteiger partial charge in [0.15, 0.2) is 11.6 Å². The molecule has 0 aliphatic heterocycles. The zero-order valence-electron chi connectivity index (χ0n) is 9.42. The third-order valence-electron chi connectivity index (χ3n) is 2.13. The fourth-order valence-electron chi connectivity index (χ4n) is 1.29. The molecule has 1 rings (SSSR count). The van der Waals surface area contributed by atoms with Crippen molar-refractivity contribution in [1.82, 2.24) is 0 Å². The van der Waals surface area contributed by atoms with Crippen molar-refractivity contribution < 1.29 is 21.6 Å². The highest BCUT2D eigenvalue weighted by molar-refractivity contribution is 7.92. The molecular formula is C10H13F3N2O2S. The second kappa shape index (κ2) is 6.05. The van der Waals surface area contributed by atoms with Crippen molar-refractivity contribution in [2.45, 2.75) is 12.8 Å². The first-order valence-electron chi connectivity index (χ1n) is 5.21. The fraction of sp³-hybridized carbons (Fsp3) is 0.400. The van der Waals surface area contributed by atoms with Gasteiger partial charge >= 0.3 is 0 Å². The highest BCUT2D eigenvalue weighted by atomic mass is 32.2. The van der Waals surface area contributed by atoms with Crippen molar-refractivity contribution >= 4 is 15.7 Å². The van der Waals surface area contributed by atoms with E-state index in [0.29, 0.717) is 25.1 Å². The minimum absolute atomic E-state index is 0.283. The molecule has 0 saturated carbocycles. The topological polar surface area (TPSA) is 72.2 Å². The third kappa shape index (κ3) is 4.19. The lowest BCUT2D eigenvalue weighted by Crippen LogP contribution is -2.18. The Morgan fingerprint density at radius 2 is 1.83 bits per heavy atom. The number of benzene rings is 1. The molecule has 4 nitrogen and oxygen atoms in total. The van der Waals surface area contributed by atoms with E-state index < -0.39 is 33.2 Å². The molecule has 0 atom stereocenters. The van der Waals surface area contributed by atoms with E-state index in [1.165, 1.54) is 0 Å². The molecule has 3 N–H and O–H groups in total. The molecule has 0 amide bonds. The van der Waals surface area contributed by atoms with E-state index in [4.69, 9.17) is 5.73 Å². The summed E-state index contributed by atoms with van der Waals surface area (Å²) in [6.07, 6.45) is 0.770. The fourth-order valence-corrected chi connectivity index (χ4v) is 2.46. The molecule has 0 unspecified atom stereocenters. The molecule has 0 spiro atoms. The maximum absolute atomic E-state index is 13.2. The summed E-state index contributed by atoms with van der Waals surface area (Å²) in [6, 6.07) is 0.917. The standard InChI is InChI=1S/C10H13F3N2O2S/c11-7-5-8(12)10(13)9(6-7)15-18(16,17)4-2-1-3-14/h5-6,15H,1-4,14H2. The molecule has 0 fully saturated rings. The van der Waals surface area contributed by atoms with Gasteiger partial charge < -0.3 is 5.73 Å². The number of anilines is 1. The molecular weight excluding hydrogens is 269 g/mol. The highest BCUT2D eigenvalue weighted by Crippen LogP contribution is 2.20. The third-order valence-corrected chi connectivity index (χ3v) is 3.48. The summed E-state index contributed by atoms with van der Waals surface area (Å²) in [7, 11) is -3.84. The summed E-state index contributed by atoms with van der Waals surface area (Å²) in [5.74, 6) is -4.23. The molecule has 18 heavy (non-hydrogen) atoms. The first-order chi connectivity index (χ1) is 8.35. The Balaban J connectivity index is 2.84. The molecule has 102 valence electrons. The number of halogens is 3. The van der Waals surface area contributed by atoms with Crippen LogP contribution in [0.15, 0.2) is 12.1 Å². The van der Waals surface area contributed by atoms with E-state index in [1.807, 2.05) is 0 Å². The summed E-state index contributed by atoms with van der Waals surface area (Å²) < 4.78 is 63.7. The average Bonchev–Trinajstić information content (AvgIpc) is 2.25. The van der Waals surface area contributed by atoms with Crippen molar-refractivity contribution in [2.75, 3.05) is 17.0 Å². The lowest BCUT2D eigenvalue weighted by Gasteiger charge is -2.09. The molecule has 0 aromatic heterocycles. The van der Waals surface area contributed by atoms with Crippen LogP contribution >= 0.6 is 0 Å². The van der Waals surface area contributed by atoms with E-state index in [1.54, 1.807) is 4.72 Å². The van der Waals surface area contributed by atoms with Gasteiger partial charge in [-0.2, -0.15) is 0 Å². The Labute approximate surface area is 103 Å². The van der Waals surface area contributed by atoms with Gasteiger partial charge in [-0.3, -0.25) is 4.72 Å².